The molecular weight excluding hydrogens is 332 g/mol. The van der Waals surface area contributed by atoms with E-state index in [9.17, 15) is 9.59 Å². The van der Waals surface area contributed by atoms with Crippen LogP contribution in [-0.4, -0.2) is 31.8 Å². The van der Waals surface area contributed by atoms with Crippen LogP contribution in [-0.2, 0) is 11.3 Å². The highest BCUT2D eigenvalue weighted by atomic mass is 16.5. The van der Waals surface area contributed by atoms with E-state index in [-0.39, 0.29) is 12.0 Å². The molecule has 0 spiro atoms. The van der Waals surface area contributed by atoms with Gasteiger partial charge < -0.3 is 20.1 Å². The number of rotatable bonds is 9. The van der Waals surface area contributed by atoms with E-state index >= 15 is 0 Å². The Kier molecular flexibility index (Phi) is 7.99. The van der Waals surface area contributed by atoms with Gasteiger partial charge in [0.15, 0.2) is 0 Å². The molecule has 0 radical (unpaired) electrons. The van der Waals surface area contributed by atoms with Gasteiger partial charge in [0.1, 0.15) is 5.75 Å². The van der Waals surface area contributed by atoms with E-state index in [1.807, 2.05) is 30.3 Å². The predicted octanol–water partition coefficient (Wildman–Crippen LogP) is 3.13. The molecule has 6 nitrogen and oxygen atoms in total. The number of nitrogens with one attached hydrogen (secondary N) is 2. The minimum Gasteiger partial charge on any atom is -0.494 e. The zero-order chi connectivity index (χ0) is 18.6. The molecule has 2 rings (SSSR count). The van der Waals surface area contributed by atoms with Gasteiger partial charge in [-0.25, -0.2) is 9.59 Å². The maximum absolute atomic E-state index is 11.8. The molecule has 0 aromatic heterocycles. The van der Waals surface area contributed by atoms with Gasteiger partial charge >= 0.3 is 12.0 Å². The van der Waals surface area contributed by atoms with Gasteiger partial charge in [-0.15, -0.1) is 0 Å². The Bertz CT molecular complexity index is 687. The molecule has 2 N–H and O–H groups in total. The van der Waals surface area contributed by atoms with Gasteiger partial charge in [0.2, 0.25) is 0 Å². The van der Waals surface area contributed by atoms with Crippen LogP contribution in [0.4, 0.5) is 4.79 Å². The maximum Gasteiger partial charge on any atom is 0.338 e. The zero-order valence-corrected chi connectivity index (χ0v) is 14.9. The van der Waals surface area contributed by atoms with Crippen molar-refractivity contribution in [3.05, 3.63) is 65.7 Å². The van der Waals surface area contributed by atoms with Gasteiger partial charge in [0.25, 0.3) is 0 Å². The van der Waals surface area contributed by atoms with Gasteiger partial charge in [-0.05, 0) is 43.2 Å². The Morgan fingerprint density at radius 3 is 2.38 bits per heavy atom. The molecule has 0 unspecified atom stereocenters. The first-order valence-corrected chi connectivity index (χ1v) is 8.64. The highest BCUT2D eigenvalue weighted by Gasteiger charge is 2.06. The topological polar surface area (TPSA) is 76.7 Å². The average Bonchev–Trinajstić information content (AvgIpc) is 2.67. The summed E-state index contributed by atoms with van der Waals surface area (Å²) in [5, 5.41) is 5.56. The molecule has 2 aromatic carbocycles. The summed E-state index contributed by atoms with van der Waals surface area (Å²) >= 11 is 0. The van der Waals surface area contributed by atoms with Crippen molar-refractivity contribution in [1.82, 2.24) is 10.6 Å². The molecule has 0 aliphatic carbocycles. The Labute approximate surface area is 153 Å². The second-order valence-corrected chi connectivity index (χ2v) is 5.54. The van der Waals surface area contributed by atoms with Crippen LogP contribution in [0.25, 0.3) is 0 Å². The summed E-state index contributed by atoms with van der Waals surface area (Å²) < 4.78 is 10.5. The summed E-state index contributed by atoms with van der Waals surface area (Å²) in [6.45, 7) is 3.57. The van der Waals surface area contributed by atoms with Crippen LogP contribution in [0.15, 0.2) is 54.6 Å². The van der Waals surface area contributed by atoms with E-state index in [2.05, 4.69) is 10.6 Å². The first-order valence-electron chi connectivity index (χ1n) is 8.64. The molecule has 0 aliphatic rings. The summed E-state index contributed by atoms with van der Waals surface area (Å²) in [4.78, 5) is 23.3. The van der Waals surface area contributed by atoms with Crippen LogP contribution in [0.1, 0.15) is 29.3 Å². The molecule has 138 valence electrons. The lowest BCUT2D eigenvalue weighted by molar-refractivity contribution is 0.0526. The third kappa shape index (κ3) is 6.84. The molecule has 26 heavy (non-hydrogen) atoms. The lowest BCUT2D eigenvalue weighted by atomic mass is 10.1. The molecule has 6 heteroatoms. The number of carbonyl (C=O) groups is 2. The Hall–Kier alpha value is -3.02. The van der Waals surface area contributed by atoms with Crippen molar-refractivity contribution in [2.75, 3.05) is 19.8 Å². The van der Waals surface area contributed by atoms with Crippen molar-refractivity contribution in [2.45, 2.75) is 19.9 Å². The molecule has 2 amide bonds. The molecule has 0 saturated carbocycles. The normalized spacial score (nSPS) is 10.0. The van der Waals surface area contributed by atoms with Gasteiger partial charge in [-0.3, -0.25) is 0 Å². The van der Waals surface area contributed by atoms with E-state index in [1.165, 1.54) is 0 Å². The van der Waals surface area contributed by atoms with Gasteiger partial charge in [-0.1, -0.05) is 30.3 Å². The van der Waals surface area contributed by atoms with Crippen molar-refractivity contribution in [2.24, 2.45) is 0 Å². The highest BCUT2D eigenvalue weighted by Crippen LogP contribution is 2.08. The predicted molar refractivity (Wildman–Crippen MR) is 99.2 cm³/mol. The fourth-order valence-electron chi connectivity index (χ4n) is 2.20. The van der Waals surface area contributed by atoms with Crippen LogP contribution in [0, 0.1) is 0 Å². The van der Waals surface area contributed by atoms with Crippen molar-refractivity contribution in [3.63, 3.8) is 0 Å². The second-order valence-electron chi connectivity index (χ2n) is 5.54. The first kappa shape index (κ1) is 19.3. The number of benzene rings is 2. The standard InChI is InChI=1S/C20H24N2O4/c1-2-25-19(23)17-11-9-16(10-12-17)15-22-20(24)21-13-6-14-26-18-7-4-3-5-8-18/h3-5,7-12H,2,6,13-15H2,1H3,(H2,21,22,24). The Balaban J connectivity index is 1.60. The molecule has 0 bridgehead atoms. The van der Waals surface area contributed by atoms with E-state index in [4.69, 9.17) is 9.47 Å². The fourth-order valence-corrected chi connectivity index (χ4v) is 2.20. The van der Waals surface area contributed by atoms with Crippen LogP contribution >= 0.6 is 0 Å². The van der Waals surface area contributed by atoms with Crippen LogP contribution in [0.5, 0.6) is 5.75 Å². The largest absolute Gasteiger partial charge is 0.494 e. The van der Waals surface area contributed by atoms with E-state index in [0.29, 0.717) is 31.9 Å². The third-order valence-electron chi connectivity index (χ3n) is 3.54. The number of amides is 2. The molecule has 2 aromatic rings. The molecule has 0 saturated heterocycles. The number of ether oxygens (including phenoxy) is 2. The minimum atomic E-state index is -0.345. The van der Waals surface area contributed by atoms with Gasteiger partial charge in [-0.2, -0.15) is 0 Å². The molecule has 0 heterocycles. The SMILES string of the molecule is CCOC(=O)c1ccc(CNC(=O)NCCCOc2ccccc2)cc1. The lowest BCUT2D eigenvalue weighted by Gasteiger charge is -2.09. The summed E-state index contributed by atoms with van der Waals surface area (Å²) in [7, 11) is 0. The fraction of sp³-hybridized carbons (Fsp3) is 0.300. The molecular formula is C20H24N2O4. The Morgan fingerprint density at radius 1 is 0.962 bits per heavy atom. The first-order chi connectivity index (χ1) is 12.7. The van der Waals surface area contributed by atoms with Gasteiger partial charge in [0.05, 0.1) is 18.8 Å². The summed E-state index contributed by atoms with van der Waals surface area (Å²) in [5.74, 6) is 0.477. The minimum absolute atomic E-state index is 0.237. The lowest BCUT2D eigenvalue weighted by Crippen LogP contribution is -2.36. The van der Waals surface area contributed by atoms with Crippen molar-refractivity contribution < 1.29 is 19.1 Å². The number of esters is 1. The van der Waals surface area contributed by atoms with Crippen LogP contribution < -0.4 is 15.4 Å². The summed E-state index contributed by atoms with van der Waals surface area (Å²) in [6, 6.07) is 16.3. The van der Waals surface area contributed by atoms with E-state index in [0.717, 1.165) is 17.7 Å². The summed E-state index contributed by atoms with van der Waals surface area (Å²) in [5.41, 5.74) is 1.40. The van der Waals surface area contributed by atoms with Gasteiger partial charge in [0, 0.05) is 13.1 Å². The third-order valence-corrected chi connectivity index (χ3v) is 3.54. The second kappa shape index (κ2) is 10.8. The number of urea groups is 1. The quantitative estimate of drug-likeness (QED) is 0.535. The Morgan fingerprint density at radius 2 is 1.69 bits per heavy atom. The molecule has 0 fully saturated rings. The van der Waals surface area contributed by atoms with E-state index in [1.54, 1.807) is 31.2 Å². The molecule has 0 aliphatic heterocycles. The van der Waals surface area contributed by atoms with Crippen molar-refractivity contribution in [3.8, 4) is 5.75 Å². The number of para-hydroxylation sites is 1. The number of carbonyl (C=O) groups excluding carboxylic acids is 2. The zero-order valence-electron chi connectivity index (χ0n) is 14.9. The van der Waals surface area contributed by atoms with Crippen LogP contribution in [0.2, 0.25) is 0 Å². The van der Waals surface area contributed by atoms with Crippen molar-refractivity contribution >= 4 is 12.0 Å². The van der Waals surface area contributed by atoms with Crippen LogP contribution in [0.3, 0.4) is 0 Å². The number of hydrogen-bond acceptors (Lipinski definition) is 4. The van der Waals surface area contributed by atoms with Crippen molar-refractivity contribution in [1.29, 1.82) is 0 Å². The molecule has 0 atom stereocenters. The number of hydrogen-bond donors (Lipinski definition) is 2. The summed E-state index contributed by atoms with van der Waals surface area (Å²) in [6.07, 6.45) is 0.719. The smallest absolute Gasteiger partial charge is 0.338 e. The monoisotopic (exact) mass is 356 g/mol. The highest BCUT2D eigenvalue weighted by molar-refractivity contribution is 5.89. The van der Waals surface area contributed by atoms with E-state index < -0.39 is 0 Å². The average molecular weight is 356 g/mol. The maximum atomic E-state index is 11.8.